The third kappa shape index (κ3) is 3.30. The Labute approximate surface area is 119 Å². The summed E-state index contributed by atoms with van der Waals surface area (Å²) in [6.45, 7) is 3.51. The molecule has 4 heteroatoms. The molecule has 3 rings (SSSR count). The van der Waals surface area contributed by atoms with Crippen molar-refractivity contribution < 1.29 is 13.9 Å². The highest BCUT2D eigenvalue weighted by Gasteiger charge is 2.22. The summed E-state index contributed by atoms with van der Waals surface area (Å²) in [5.41, 5.74) is 1.04. The van der Waals surface area contributed by atoms with Gasteiger partial charge in [-0.25, -0.2) is 4.39 Å². The van der Waals surface area contributed by atoms with E-state index in [9.17, 15) is 4.39 Å². The van der Waals surface area contributed by atoms with Crippen LogP contribution in [0.3, 0.4) is 0 Å². The van der Waals surface area contributed by atoms with Crippen molar-refractivity contribution in [2.75, 3.05) is 26.3 Å². The summed E-state index contributed by atoms with van der Waals surface area (Å²) in [5.74, 6) is 1.10. The molecular formula is C16H22FNO2. The fraction of sp³-hybridized carbons (Fsp3) is 0.625. The molecule has 0 atom stereocenters. The van der Waals surface area contributed by atoms with Crippen LogP contribution in [0.1, 0.15) is 37.2 Å². The Hall–Kier alpha value is -1.13. The molecule has 2 heterocycles. The van der Waals surface area contributed by atoms with Crippen LogP contribution in [0.5, 0.6) is 5.75 Å². The van der Waals surface area contributed by atoms with Crippen molar-refractivity contribution >= 4 is 0 Å². The summed E-state index contributed by atoms with van der Waals surface area (Å²) in [6.07, 6.45) is 4.14. The summed E-state index contributed by atoms with van der Waals surface area (Å²) in [5, 5.41) is 3.35. The standard InChI is InChI=1S/C16H22FNO2/c17-13-1-2-16(20-14-5-9-19-10-6-14)15(11-13)12-3-7-18-8-4-12/h1-2,11-12,14,18H,3-10H2. The van der Waals surface area contributed by atoms with Crippen molar-refractivity contribution in [2.45, 2.75) is 37.7 Å². The van der Waals surface area contributed by atoms with Gasteiger partial charge in [0.25, 0.3) is 0 Å². The molecule has 0 aromatic heterocycles. The van der Waals surface area contributed by atoms with E-state index in [1.165, 1.54) is 6.07 Å². The Morgan fingerprint density at radius 2 is 1.85 bits per heavy atom. The summed E-state index contributed by atoms with van der Waals surface area (Å²) >= 11 is 0. The van der Waals surface area contributed by atoms with E-state index < -0.39 is 0 Å². The highest BCUT2D eigenvalue weighted by Crippen LogP contribution is 2.34. The minimum Gasteiger partial charge on any atom is -0.490 e. The molecule has 3 nitrogen and oxygen atoms in total. The molecule has 20 heavy (non-hydrogen) atoms. The van der Waals surface area contributed by atoms with Crippen LogP contribution in [0.25, 0.3) is 0 Å². The number of nitrogens with one attached hydrogen (secondary N) is 1. The molecule has 1 aromatic rings. The van der Waals surface area contributed by atoms with E-state index in [1.807, 2.05) is 0 Å². The van der Waals surface area contributed by atoms with Gasteiger partial charge in [0.15, 0.2) is 0 Å². The molecule has 0 unspecified atom stereocenters. The predicted molar refractivity (Wildman–Crippen MR) is 75.7 cm³/mol. The second-order valence-electron chi connectivity index (χ2n) is 5.64. The molecule has 0 saturated carbocycles. The van der Waals surface area contributed by atoms with Crippen LogP contribution in [0.2, 0.25) is 0 Å². The molecule has 2 aliphatic heterocycles. The van der Waals surface area contributed by atoms with E-state index in [2.05, 4.69) is 5.32 Å². The number of rotatable bonds is 3. The van der Waals surface area contributed by atoms with Crippen molar-refractivity contribution in [3.8, 4) is 5.75 Å². The second-order valence-corrected chi connectivity index (χ2v) is 5.64. The average Bonchev–Trinajstić information content (AvgIpc) is 2.51. The van der Waals surface area contributed by atoms with Gasteiger partial charge in [0.1, 0.15) is 17.7 Å². The summed E-state index contributed by atoms with van der Waals surface area (Å²) in [6, 6.07) is 4.95. The third-order valence-electron chi connectivity index (χ3n) is 4.21. The number of ether oxygens (including phenoxy) is 2. The second kappa shape index (κ2) is 6.55. The lowest BCUT2D eigenvalue weighted by Gasteiger charge is -2.28. The molecule has 2 fully saturated rings. The zero-order valence-electron chi connectivity index (χ0n) is 11.7. The zero-order valence-corrected chi connectivity index (χ0v) is 11.7. The van der Waals surface area contributed by atoms with E-state index >= 15 is 0 Å². The van der Waals surface area contributed by atoms with Gasteiger partial charge in [-0.1, -0.05) is 0 Å². The lowest BCUT2D eigenvalue weighted by Crippen LogP contribution is -2.28. The Bertz CT molecular complexity index is 440. The Morgan fingerprint density at radius 1 is 1.10 bits per heavy atom. The molecule has 0 bridgehead atoms. The van der Waals surface area contributed by atoms with Crippen LogP contribution in [0.15, 0.2) is 18.2 Å². The van der Waals surface area contributed by atoms with Crippen LogP contribution >= 0.6 is 0 Å². The maximum atomic E-state index is 13.6. The molecule has 0 aliphatic carbocycles. The lowest BCUT2D eigenvalue weighted by molar-refractivity contribution is 0.0249. The van der Waals surface area contributed by atoms with Crippen molar-refractivity contribution in [3.05, 3.63) is 29.6 Å². The summed E-state index contributed by atoms with van der Waals surface area (Å²) in [4.78, 5) is 0. The van der Waals surface area contributed by atoms with Crippen molar-refractivity contribution in [2.24, 2.45) is 0 Å². The van der Waals surface area contributed by atoms with Crippen LogP contribution in [0.4, 0.5) is 4.39 Å². The number of halogens is 1. The average molecular weight is 279 g/mol. The van der Waals surface area contributed by atoms with E-state index in [0.717, 1.165) is 63.3 Å². The number of piperidine rings is 1. The van der Waals surface area contributed by atoms with Crippen molar-refractivity contribution in [3.63, 3.8) is 0 Å². The first-order valence-corrected chi connectivity index (χ1v) is 7.57. The molecule has 0 amide bonds. The van der Waals surface area contributed by atoms with Gasteiger partial charge in [-0.15, -0.1) is 0 Å². The van der Waals surface area contributed by atoms with E-state index in [4.69, 9.17) is 9.47 Å². The molecule has 1 aromatic carbocycles. The maximum absolute atomic E-state index is 13.6. The van der Waals surface area contributed by atoms with Gasteiger partial charge < -0.3 is 14.8 Å². The van der Waals surface area contributed by atoms with Gasteiger partial charge in [0.2, 0.25) is 0 Å². The van der Waals surface area contributed by atoms with Crippen LogP contribution in [-0.4, -0.2) is 32.4 Å². The minimum absolute atomic E-state index is 0.169. The van der Waals surface area contributed by atoms with E-state index in [0.29, 0.717) is 5.92 Å². The first kappa shape index (κ1) is 13.8. The van der Waals surface area contributed by atoms with Gasteiger partial charge in [-0.05, 0) is 50.0 Å². The highest BCUT2D eigenvalue weighted by molar-refractivity contribution is 5.37. The lowest BCUT2D eigenvalue weighted by atomic mass is 9.89. The fourth-order valence-corrected chi connectivity index (χ4v) is 3.05. The maximum Gasteiger partial charge on any atom is 0.123 e. The van der Waals surface area contributed by atoms with Gasteiger partial charge in [-0.2, -0.15) is 0 Å². The van der Waals surface area contributed by atoms with Crippen LogP contribution in [0, 0.1) is 5.82 Å². The quantitative estimate of drug-likeness (QED) is 0.923. The Morgan fingerprint density at radius 3 is 2.60 bits per heavy atom. The van der Waals surface area contributed by atoms with Gasteiger partial charge in [0, 0.05) is 18.4 Å². The largest absolute Gasteiger partial charge is 0.490 e. The van der Waals surface area contributed by atoms with E-state index in [-0.39, 0.29) is 11.9 Å². The topological polar surface area (TPSA) is 30.5 Å². The monoisotopic (exact) mass is 279 g/mol. The van der Waals surface area contributed by atoms with Crippen molar-refractivity contribution in [1.29, 1.82) is 0 Å². The van der Waals surface area contributed by atoms with Gasteiger partial charge >= 0.3 is 0 Å². The molecule has 1 N–H and O–H groups in total. The van der Waals surface area contributed by atoms with E-state index in [1.54, 1.807) is 12.1 Å². The number of hydrogen-bond donors (Lipinski definition) is 1. The first-order chi connectivity index (χ1) is 9.83. The first-order valence-electron chi connectivity index (χ1n) is 7.57. The third-order valence-corrected chi connectivity index (χ3v) is 4.21. The zero-order chi connectivity index (χ0) is 13.8. The number of hydrogen-bond acceptors (Lipinski definition) is 3. The molecule has 0 radical (unpaired) electrons. The molecule has 2 aliphatic rings. The fourth-order valence-electron chi connectivity index (χ4n) is 3.05. The molecular weight excluding hydrogens is 257 g/mol. The predicted octanol–water partition coefficient (Wildman–Crippen LogP) is 2.85. The molecule has 0 spiro atoms. The number of benzene rings is 1. The summed E-state index contributed by atoms with van der Waals surface area (Å²) < 4.78 is 25.1. The normalized spacial score (nSPS) is 21.9. The van der Waals surface area contributed by atoms with Crippen LogP contribution in [-0.2, 0) is 4.74 Å². The smallest absolute Gasteiger partial charge is 0.123 e. The Balaban J connectivity index is 1.77. The van der Waals surface area contributed by atoms with Crippen LogP contribution < -0.4 is 10.1 Å². The van der Waals surface area contributed by atoms with Gasteiger partial charge in [0.05, 0.1) is 13.2 Å². The van der Waals surface area contributed by atoms with Gasteiger partial charge in [-0.3, -0.25) is 0 Å². The molecule has 2 saturated heterocycles. The molecule has 110 valence electrons. The summed E-state index contributed by atoms with van der Waals surface area (Å²) in [7, 11) is 0. The Kier molecular flexibility index (Phi) is 4.53. The minimum atomic E-state index is -0.169. The highest BCUT2D eigenvalue weighted by atomic mass is 19.1. The SMILES string of the molecule is Fc1ccc(OC2CCOCC2)c(C2CCNCC2)c1. The van der Waals surface area contributed by atoms with Crippen molar-refractivity contribution in [1.82, 2.24) is 5.32 Å².